The van der Waals surface area contributed by atoms with Crippen LogP contribution in [0.15, 0.2) is 22.8 Å². The summed E-state index contributed by atoms with van der Waals surface area (Å²) in [4.78, 5) is 42.6. The Morgan fingerprint density at radius 1 is 1.07 bits per heavy atom. The van der Waals surface area contributed by atoms with E-state index in [1.54, 1.807) is 21.9 Å². The fourth-order valence-corrected chi connectivity index (χ4v) is 3.46. The molecule has 0 radical (unpaired) electrons. The average molecular weight is 377 g/mol. The van der Waals surface area contributed by atoms with Crippen LogP contribution in [0.1, 0.15) is 44.2 Å². The zero-order chi connectivity index (χ0) is 19.6. The first-order valence-electron chi connectivity index (χ1n) is 9.37. The lowest BCUT2D eigenvalue weighted by atomic mass is 10.1. The summed E-state index contributed by atoms with van der Waals surface area (Å²) in [5.41, 5.74) is -0.592. The fourth-order valence-electron chi connectivity index (χ4n) is 3.46. The van der Waals surface area contributed by atoms with Crippen LogP contribution in [0.2, 0.25) is 0 Å². The SMILES string of the molecule is CC(C)(C)OC(=O)N1CCCC1C(=O)N1CCN(C(=O)c2ccco2)CC1. The van der Waals surface area contributed by atoms with Gasteiger partial charge in [-0.2, -0.15) is 0 Å². The number of likely N-dealkylation sites (tertiary alicyclic amines) is 1. The van der Waals surface area contributed by atoms with E-state index in [2.05, 4.69) is 0 Å². The standard InChI is InChI=1S/C19H27N3O5/c1-19(2,3)27-18(25)22-8-4-6-14(22)16(23)20-9-11-21(12-10-20)17(24)15-7-5-13-26-15/h5,7,13-14H,4,6,8-12H2,1-3H3. The van der Waals surface area contributed by atoms with Gasteiger partial charge in [-0.3, -0.25) is 14.5 Å². The van der Waals surface area contributed by atoms with Crippen molar-refractivity contribution in [2.45, 2.75) is 45.3 Å². The summed E-state index contributed by atoms with van der Waals surface area (Å²) in [5.74, 6) is 0.0773. The summed E-state index contributed by atoms with van der Waals surface area (Å²) in [5, 5.41) is 0. The highest BCUT2D eigenvalue weighted by molar-refractivity contribution is 5.92. The maximum atomic E-state index is 12.9. The first-order chi connectivity index (χ1) is 12.8. The minimum absolute atomic E-state index is 0.0662. The van der Waals surface area contributed by atoms with E-state index in [-0.39, 0.29) is 11.8 Å². The Kier molecular flexibility index (Phi) is 5.43. The lowest BCUT2D eigenvalue weighted by Crippen LogP contribution is -2.55. The molecule has 0 spiro atoms. The molecule has 148 valence electrons. The predicted molar refractivity (Wildman–Crippen MR) is 97.2 cm³/mol. The van der Waals surface area contributed by atoms with Gasteiger partial charge >= 0.3 is 6.09 Å². The summed E-state index contributed by atoms with van der Waals surface area (Å²) in [6.07, 6.45) is 2.46. The van der Waals surface area contributed by atoms with Crippen molar-refractivity contribution in [3.63, 3.8) is 0 Å². The second kappa shape index (κ2) is 7.62. The van der Waals surface area contributed by atoms with E-state index in [0.29, 0.717) is 44.9 Å². The van der Waals surface area contributed by atoms with Crippen molar-refractivity contribution in [1.29, 1.82) is 0 Å². The number of furan rings is 1. The molecule has 3 rings (SSSR count). The van der Waals surface area contributed by atoms with Gasteiger partial charge in [0.25, 0.3) is 5.91 Å². The quantitative estimate of drug-likeness (QED) is 0.787. The molecule has 8 heteroatoms. The second-order valence-corrected chi connectivity index (χ2v) is 7.93. The minimum Gasteiger partial charge on any atom is -0.459 e. The average Bonchev–Trinajstić information content (AvgIpc) is 3.30. The van der Waals surface area contributed by atoms with Crippen LogP contribution in [0.4, 0.5) is 4.79 Å². The molecule has 0 N–H and O–H groups in total. The Hall–Kier alpha value is -2.51. The highest BCUT2D eigenvalue weighted by Crippen LogP contribution is 2.23. The van der Waals surface area contributed by atoms with Crippen LogP contribution in [0.25, 0.3) is 0 Å². The molecule has 27 heavy (non-hydrogen) atoms. The maximum absolute atomic E-state index is 12.9. The topological polar surface area (TPSA) is 83.3 Å². The third-order valence-corrected chi connectivity index (χ3v) is 4.78. The molecule has 8 nitrogen and oxygen atoms in total. The number of hydrogen-bond donors (Lipinski definition) is 0. The Bertz CT molecular complexity index is 687. The Morgan fingerprint density at radius 3 is 2.33 bits per heavy atom. The van der Waals surface area contributed by atoms with Crippen LogP contribution in [0.3, 0.4) is 0 Å². The minimum atomic E-state index is -0.592. The lowest BCUT2D eigenvalue weighted by Gasteiger charge is -2.37. The first-order valence-corrected chi connectivity index (χ1v) is 9.37. The number of ether oxygens (including phenoxy) is 1. The molecule has 0 aliphatic carbocycles. The van der Waals surface area contributed by atoms with Gasteiger partial charge in [0.1, 0.15) is 11.6 Å². The van der Waals surface area contributed by atoms with Gasteiger partial charge in [0.2, 0.25) is 5.91 Å². The third kappa shape index (κ3) is 4.43. The summed E-state index contributed by atoms with van der Waals surface area (Å²) < 4.78 is 10.6. The molecule has 3 amide bonds. The molecule has 0 aromatic carbocycles. The Morgan fingerprint density at radius 2 is 1.74 bits per heavy atom. The summed E-state index contributed by atoms with van der Waals surface area (Å²) in [7, 11) is 0. The van der Waals surface area contributed by atoms with E-state index in [0.717, 1.165) is 6.42 Å². The first kappa shape index (κ1) is 19.3. The highest BCUT2D eigenvalue weighted by atomic mass is 16.6. The normalized spacial score (nSPS) is 20.7. The van der Waals surface area contributed by atoms with E-state index in [9.17, 15) is 14.4 Å². The highest BCUT2D eigenvalue weighted by Gasteiger charge is 2.39. The van der Waals surface area contributed by atoms with Crippen LogP contribution >= 0.6 is 0 Å². The molecule has 1 atom stereocenters. The van der Waals surface area contributed by atoms with Gasteiger partial charge in [-0.05, 0) is 45.7 Å². The van der Waals surface area contributed by atoms with Crippen LogP contribution in [0, 0.1) is 0 Å². The molecule has 2 aliphatic rings. The third-order valence-electron chi connectivity index (χ3n) is 4.78. The zero-order valence-corrected chi connectivity index (χ0v) is 16.1. The van der Waals surface area contributed by atoms with Gasteiger partial charge < -0.3 is 19.0 Å². The van der Waals surface area contributed by atoms with Gasteiger partial charge in [-0.1, -0.05) is 0 Å². The van der Waals surface area contributed by atoms with Crippen LogP contribution in [-0.2, 0) is 9.53 Å². The number of amides is 3. The van der Waals surface area contributed by atoms with Crippen molar-refractivity contribution in [3.8, 4) is 0 Å². The van der Waals surface area contributed by atoms with Crippen molar-refractivity contribution in [2.75, 3.05) is 32.7 Å². The largest absolute Gasteiger partial charge is 0.459 e. The van der Waals surface area contributed by atoms with E-state index < -0.39 is 17.7 Å². The van der Waals surface area contributed by atoms with Crippen LogP contribution < -0.4 is 0 Å². The van der Waals surface area contributed by atoms with Gasteiger partial charge in [0, 0.05) is 32.7 Å². The molecular formula is C19H27N3O5. The summed E-state index contributed by atoms with van der Waals surface area (Å²) in [6, 6.07) is 2.84. The molecule has 2 aliphatic heterocycles. The van der Waals surface area contributed by atoms with E-state index in [4.69, 9.17) is 9.15 Å². The van der Waals surface area contributed by atoms with Gasteiger partial charge in [0.15, 0.2) is 5.76 Å². The van der Waals surface area contributed by atoms with Crippen molar-refractivity contribution in [1.82, 2.24) is 14.7 Å². The number of rotatable bonds is 2. The van der Waals surface area contributed by atoms with Crippen molar-refractivity contribution in [3.05, 3.63) is 24.2 Å². The second-order valence-electron chi connectivity index (χ2n) is 7.93. The van der Waals surface area contributed by atoms with Crippen molar-refractivity contribution >= 4 is 17.9 Å². The molecular weight excluding hydrogens is 350 g/mol. The van der Waals surface area contributed by atoms with Crippen LogP contribution in [-0.4, -0.2) is 77.0 Å². The van der Waals surface area contributed by atoms with Crippen LogP contribution in [0.5, 0.6) is 0 Å². The van der Waals surface area contributed by atoms with Gasteiger partial charge in [0.05, 0.1) is 6.26 Å². The molecule has 2 fully saturated rings. The summed E-state index contributed by atoms with van der Waals surface area (Å²) >= 11 is 0. The molecule has 3 heterocycles. The molecule has 2 saturated heterocycles. The van der Waals surface area contributed by atoms with E-state index >= 15 is 0 Å². The number of piperazine rings is 1. The zero-order valence-electron chi connectivity index (χ0n) is 16.1. The number of carbonyl (C=O) groups is 3. The molecule has 0 saturated carbocycles. The molecule has 1 unspecified atom stereocenters. The summed E-state index contributed by atoms with van der Waals surface area (Å²) in [6.45, 7) is 7.76. The molecule has 0 bridgehead atoms. The Balaban J connectivity index is 1.57. The van der Waals surface area contributed by atoms with Crippen molar-refractivity contribution in [2.24, 2.45) is 0 Å². The smallest absolute Gasteiger partial charge is 0.410 e. The Labute approximate surface area is 159 Å². The lowest BCUT2D eigenvalue weighted by molar-refractivity contribution is -0.137. The monoisotopic (exact) mass is 377 g/mol. The fraction of sp³-hybridized carbons (Fsp3) is 0.632. The predicted octanol–water partition coefficient (Wildman–Crippen LogP) is 1.96. The van der Waals surface area contributed by atoms with E-state index in [1.165, 1.54) is 11.2 Å². The van der Waals surface area contributed by atoms with Crippen molar-refractivity contribution < 1.29 is 23.5 Å². The number of hydrogen-bond acceptors (Lipinski definition) is 5. The number of carbonyl (C=O) groups excluding carboxylic acids is 3. The van der Waals surface area contributed by atoms with Gasteiger partial charge in [-0.15, -0.1) is 0 Å². The molecule has 1 aromatic heterocycles. The number of nitrogens with zero attached hydrogens (tertiary/aromatic N) is 3. The maximum Gasteiger partial charge on any atom is 0.410 e. The van der Waals surface area contributed by atoms with Gasteiger partial charge in [-0.25, -0.2) is 4.79 Å². The van der Waals surface area contributed by atoms with E-state index in [1.807, 2.05) is 20.8 Å². The molecule has 1 aromatic rings.